The van der Waals surface area contributed by atoms with Crippen molar-refractivity contribution in [3.05, 3.63) is 40.5 Å². The van der Waals surface area contributed by atoms with E-state index in [-0.39, 0.29) is 5.69 Å². The molecule has 6 heteroatoms. The van der Waals surface area contributed by atoms with E-state index in [1.807, 2.05) is 0 Å². The van der Waals surface area contributed by atoms with E-state index < -0.39 is 5.97 Å². The second-order valence-corrected chi connectivity index (χ2v) is 4.53. The van der Waals surface area contributed by atoms with Crippen molar-refractivity contribution in [2.24, 2.45) is 0 Å². The summed E-state index contributed by atoms with van der Waals surface area (Å²) in [4.78, 5) is 11.9. The number of hydrogen-bond acceptors (Lipinski definition) is 4. The summed E-state index contributed by atoms with van der Waals surface area (Å²) in [5.41, 5.74) is 1.64. The van der Waals surface area contributed by atoms with Gasteiger partial charge in [-0.05, 0) is 38.1 Å². The number of methoxy groups -OCH3 is 1. The van der Waals surface area contributed by atoms with Crippen LogP contribution >= 0.6 is 11.6 Å². The maximum atomic E-state index is 11.9. The van der Waals surface area contributed by atoms with Crippen molar-refractivity contribution >= 4 is 17.6 Å². The fourth-order valence-electron chi connectivity index (χ4n) is 1.87. The average Bonchev–Trinajstić information content (AvgIpc) is 2.77. The van der Waals surface area contributed by atoms with E-state index in [9.17, 15) is 4.79 Å². The standard InChI is InChI=1S/C14H15ClN2O3/c1-4-20-14(18)12-9(2)13(19-3)17(16-12)11-7-5-10(15)6-8-11/h5-8H,4H2,1-3H3. The van der Waals surface area contributed by atoms with Crippen LogP contribution in [0.15, 0.2) is 24.3 Å². The summed E-state index contributed by atoms with van der Waals surface area (Å²) in [6, 6.07) is 7.09. The molecule has 0 fully saturated rings. The minimum absolute atomic E-state index is 0.249. The molecule has 0 unspecified atom stereocenters. The Bertz CT molecular complexity index is 620. The molecule has 1 heterocycles. The molecule has 0 amide bonds. The van der Waals surface area contributed by atoms with Crippen LogP contribution in [0.4, 0.5) is 0 Å². The number of rotatable bonds is 4. The highest BCUT2D eigenvalue weighted by molar-refractivity contribution is 6.30. The van der Waals surface area contributed by atoms with Gasteiger partial charge in [-0.15, -0.1) is 0 Å². The van der Waals surface area contributed by atoms with Crippen molar-refractivity contribution in [3.63, 3.8) is 0 Å². The minimum Gasteiger partial charge on any atom is -0.481 e. The SMILES string of the molecule is CCOC(=O)c1nn(-c2ccc(Cl)cc2)c(OC)c1C. The summed E-state index contributed by atoms with van der Waals surface area (Å²) < 4.78 is 11.9. The third kappa shape index (κ3) is 2.63. The molecule has 0 aliphatic carbocycles. The Morgan fingerprint density at radius 2 is 2.00 bits per heavy atom. The molecule has 0 spiro atoms. The molecule has 2 rings (SSSR count). The lowest BCUT2D eigenvalue weighted by Gasteiger charge is -2.06. The van der Waals surface area contributed by atoms with Crippen molar-refractivity contribution < 1.29 is 14.3 Å². The molecule has 1 aromatic heterocycles. The number of hydrogen-bond donors (Lipinski definition) is 0. The van der Waals surface area contributed by atoms with Crippen LogP contribution < -0.4 is 4.74 Å². The lowest BCUT2D eigenvalue weighted by Crippen LogP contribution is -2.07. The number of carbonyl (C=O) groups excluding carboxylic acids is 1. The molecule has 0 bridgehead atoms. The normalized spacial score (nSPS) is 10.4. The Hall–Kier alpha value is -2.01. The predicted molar refractivity (Wildman–Crippen MR) is 75.8 cm³/mol. The highest BCUT2D eigenvalue weighted by Gasteiger charge is 2.22. The highest BCUT2D eigenvalue weighted by atomic mass is 35.5. The molecule has 5 nitrogen and oxygen atoms in total. The minimum atomic E-state index is -0.462. The number of carbonyl (C=O) groups is 1. The zero-order valence-electron chi connectivity index (χ0n) is 11.5. The van der Waals surface area contributed by atoms with E-state index in [4.69, 9.17) is 21.1 Å². The first kappa shape index (κ1) is 14.4. The Morgan fingerprint density at radius 3 is 2.55 bits per heavy atom. The van der Waals surface area contributed by atoms with E-state index in [2.05, 4.69) is 5.10 Å². The van der Waals surface area contributed by atoms with Crippen molar-refractivity contribution in [1.29, 1.82) is 0 Å². The van der Waals surface area contributed by atoms with Gasteiger partial charge in [-0.25, -0.2) is 9.48 Å². The molecule has 0 radical (unpaired) electrons. The van der Waals surface area contributed by atoms with Crippen LogP contribution in [-0.2, 0) is 4.74 Å². The quantitative estimate of drug-likeness (QED) is 0.813. The highest BCUT2D eigenvalue weighted by Crippen LogP contribution is 2.26. The van der Waals surface area contributed by atoms with E-state index in [0.717, 1.165) is 5.69 Å². The second kappa shape index (κ2) is 5.96. The molecule has 20 heavy (non-hydrogen) atoms. The predicted octanol–water partition coefficient (Wildman–Crippen LogP) is 3.02. The molecule has 0 atom stereocenters. The van der Waals surface area contributed by atoms with Crippen molar-refractivity contribution in [2.75, 3.05) is 13.7 Å². The van der Waals surface area contributed by atoms with E-state index >= 15 is 0 Å². The van der Waals surface area contributed by atoms with Crippen LogP contribution in [0.5, 0.6) is 5.88 Å². The van der Waals surface area contributed by atoms with Gasteiger partial charge in [0, 0.05) is 10.6 Å². The number of aromatic nitrogens is 2. The molecule has 0 aliphatic heterocycles. The van der Waals surface area contributed by atoms with Crippen LogP contribution in [-0.4, -0.2) is 29.5 Å². The summed E-state index contributed by atoms with van der Waals surface area (Å²) in [6.07, 6.45) is 0. The number of esters is 1. The van der Waals surface area contributed by atoms with Gasteiger partial charge in [-0.3, -0.25) is 0 Å². The summed E-state index contributed by atoms with van der Waals surface area (Å²) >= 11 is 5.87. The van der Waals surface area contributed by atoms with Gasteiger partial charge in [-0.2, -0.15) is 5.10 Å². The zero-order chi connectivity index (χ0) is 14.7. The van der Waals surface area contributed by atoms with Crippen molar-refractivity contribution in [2.45, 2.75) is 13.8 Å². The molecule has 0 aliphatic rings. The molecule has 0 saturated heterocycles. The summed E-state index contributed by atoms with van der Waals surface area (Å²) in [7, 11) is 1.53. The lowest BCUT2D eigenvalue weighted by atomic mass is 10.2. The van der Waals surface area contributed by atoms with Gasteiger partial charge in [0.25, 0.3) is 0 Å². The first-order valence-electron chi connectivity index (χ1n) is 6.15. The average molecular weight is 295 g/mol. The number of nitrogens with zero attached hydrogens (tertiary/aromatic N) is 2. The monoisotopic (exact) mass is 294 g/mol. The Balaban J connectivity index is 2.50. The molecule has 1 aromatic carbocycles. The smallest absolute Gasteiger partial charge is 0.359 e. The first-order chi connectivity index (χ1) is 9.58. The number of benzene rings is 1. The Labute approximate surface area is 122 Å². The van der Waals surface area contributed by atoms with E-state index in [0.29, 0.717) is 23.1 Å². The zero-order valence-corrected chi connectivity index (χ0v) is 12.3. The van der Waals surface area contributed by atoms with Gasteiger partial charge >= 0.3 is 5.97 Å². The molecule has 0 saturated carbocycles. The third-order valence-corrected chi connectivity index (χ3v) is 3.05. The van der Waals surface area contributed by atoms with Crippen molar-refractivity contribution in [1.82, 2.24) is 9.78 Å². The van der Waals surface area contributed by atoms with Crippen molar-refractivity contribution in [3.8, 4) is 11.6 Å². The number of halogens is 1. The Morgan fingerprint density at radius 1 is 1.35 bits per heavy atom. The van der Waals surface area contributed by atoms with Crippen LogP contribution in [0, 0.1) is 6.92 Å². The maximum Gasteiger partial charge on any atom is 0.359 e. The maximum absolute atomic E-state index is 11.9. The van der Waals surface area contributed by atoms with E-state index in [1.165, 1.54) is 7.11 Å². The topological polar surface area (TPSA) is 53.3 Å². The molecular weight excluding hydrogens is 280 g/mol. The van der Waals surface area contributed by atoms with Crippen LogP contribution in [0.2, 0.25) is 5.02 Å². The largest absolute Gasteiger partial charge is 0.481 e. The van der Waals surface area contributed by atoms with Crippen LogP contribution in [0.1, 0.15) is 23.0 Å². The van der Waals surface area contributed by atoms with Crippen LogP contribution in [0.25, 0.3) is 5.69 Å². The first-order valence-corrected chi connectivity index (χ1v) is 6.53. The lowest BCUT2D eigenvalue weighted by molar-refractivity contribution is 0.0518. The van der Waals surface area contributed by atoms with Gasteiger partial charge in [-0.1, -0.05) is 11.6 Å². The van der Waals surface area contributed by atoms with Gasteiger partial charge in [0.05, 0.1) is 19.4 Å². The molecular formula is C14H15ClN2O3. The summed E-state index contributed by atoms with van der Waals surface area (Å²) in [6.45, 7) is 3.82. The number of ether oxygens (including phenoxy) is 2. The summed E-state index contributed by atoms with van der Waals surface area (Å²) in [5.74, 6) is 0.0337. The van der Waals surface area contributed by atoms with Gasteiger partial charge < -0.3 is 9.47 Å². The fraction of sp³-hybridized carbons (Fsp3) is 0.286. The second-order valence-electron chi connectivity index (χ2n) is 4.09. The Kier molecular flexibility index (Phi) is 4.29. The third-order valence-electron chi connectivity index (χ3n) is 2.80. The molecule has 0 N–H and O–H groups in total. The fourth-order valence-corrected chi connectivity index (χ4v) is 2.00. The van der Waals surface area contributed by atoms with Gasteiger partial charge in [0.15, 0.2) is 5.69 Å². The van der Waals surface area contributed by atoms with Crippen LogP contribution in [0.3, 0.4) is 0 Å². The van der Waals surface area contributed by atoms with Gasteiger partial charge in [0.1, 0.15) is 0 Å². The summed E-state index contributed by atoms with van der Waals surface area (Å²) in [5, 5.41) is 4.90. The van der Waals surface area contributed by atoms with E-state index in [1.54, 1.807) is 42.8 Å². The van der Waals surface area contributed by atoms with Gasteiger partial charge in [0.2, 0.25) is 5.88 Å². The molecule has 106 valence electrons. The molecule has 2 aromatic rings.